The molecule has 0 saturated carbocycles. The zero-order valence-electron chi connectivity index (χ0n) is 15.7. The van der Waals surface area contributed by atoms with E-state index in [4.69, 9.17) is 4.42 Å². The highest BCUT2D eigenvalue weighted by Crippen LogP contribution is 2.15. The van der Waals surface area contributed by atoms with E-state index in [0.717, 1.165) is 11.3 Å². The van der Waals surface area contributed by atoms with Crippen LogP contribution in [0.25, 0.3) is 0 Å². The summed E-state index contributed by atoms with van der Waals surface area (Å²) in [5.41, 5.74) is 2.49. The summed E-state index contributed by atoms with van der Waals surface area (Å²) < 4.78 is 5.44. The van der Waals surface area contributed by atoms with Crippen LogP contribution < -0.4 is 10.6 Å². The molecular formula is C22H23N3O3. The van der Waals surface area contributed by atoms with E-state index in [1.807, 2.05) is 47.4 Å². The van der Waals surface area contributed by atoms with Crippen molar-refractivity contribution >= 4 is 23.2 Å². The maximum atomic E-state index is 12.6. The third-order valence-electron chi connectivity index (χ3n) is 4.06. The van der Waals surface area contributed by atoms with E-state index >= 15 is 0 Å². The lowest BCUT2D eigenvalue weighted by molar-refractivity contribution is -0.117. The number of carbonyl (C=O) groups is 2. The number of nitrogens with one attached hydrogen (secondary N) is 2. The first-order valence-corrected chi connectivity index (χ1v) is 9.04. The maximum absolute atomic E-state index is 12.6. The Bertz CT molecular complexity index is 891. The first-order valence-electron chi connectivity index (χ1n) is 9.04. The lowest BCUT2D eigenvalue weighted by Crippen LogP contribution is -2.32. The minimum atomic E-state index is -0.133. The average molecular weight is 377 g/mol. The van der Waals surface area contributed by atoms with Crippen LogP contribution in [0.5, 0.6) is 0 Å². The number of carbonyl (C=O) groups excluding carboxylic acids is 2. The maximum Gasteiger partial charge on any atom is 0.238 e. The van der Waals surface area contributed by atoms with Gasteiger partial charge in [0.1, 0.15) is 5.76 Å². The quantitative estimate of drug-likeness (QED) is 0.625. The average Bonchev–Trinajstić information content (AvgIpc) is 3.16. The Morgan fingerprint density at radius 2 is 1.54 bits per heavy atom. The summed E-state index contributed by atoms with van der Waals surface area (Å²) in [7, 11) is 0. The minimum Gasteiger partial charge on any atom is -0.468 e. The number of hydrogen-bond donors (Lipinski definition) is 2. The van der Waals surface area contributed by atoms with E-state index in [1.54, 1.807) is 30.5 Å². The Labute approximate surface area is 164 Å². The first kappa shape index (κ1) is 19.4. The Hall–Kier alpha value is -3.38. The van der Waals surface area contributed by atoms with Gasteiger partial charge in [-0.2, -0.15) is 0 Å². The molecule has 0 saturated heterocycles. The molecule has 144 valence electrons. The molecule has 2 aromatic carbocycles. The van der Waals surface area contributed by atoms with Crippen LogP contribution in [-0.2, 0) is 22.7 Å². The standard InChI is InChI=1S/C22H23N3O3/c1-17(26)23-19-9-11-20(12-10-19)24-22(27)16-25(15-21-8-5-13-28-21)14-18-6-3-2-4-7-18/h2-13H,14-16H2,1H3,(H,23,26)(H,24,27). The van der Waals surface area contributed by atoms with Crippen molar-refractivity contribution in [1.29, 1.82) is 0 Å². The van der Waals surface area contributed by atoms with Gasteiger partial charge in [0, 0.05) is 24.8 Å². The number of rotatable bonds is 8. The summed E-state index contributed by atoms with van der Waals surface area (Å²) >= 11 is 0. The van der Waals surface area contributed by atoms with Crippen molar-refractivity contribution in [3.8, 4) is 0 Å². The lowest BCUT2D eigenvalue weighted by atomic mass is 10.2. The summed E-state index contributed by atoms with van der Waals surface area (Å²) in [5, 5.41) is 5.59. The molecule has 0 aliphatic heterocycles. The molecule has 3 rings (SSSR count). The Morgan fingerprint density at radius 3 is 2.14 bits per heavy atom. The monoisotopic (exact) mass is 377 g/mol. The lowest BCUT2D eigenvalue weighted by Gasteiger charge is -2.21. The molecule has 6 heteroatoms. The molecule has 1 heterocycles. The van der Waals surface area contributed by atoms with Crippen molar-refractivity contribution in [2.24, 2.45) is 0 Å². The predicted octanol–water partition coefficient (Wildman–Crippen LogP) is 3.88. The smallest absolute Gasteiger partial charge is 0.238 e. The normalized spacial score (nSPS) is 10.6. The summed E-state index contributed by atoms with van der Waals surface area (Å²) in [6.45, 7) is 2.85. The van der Waals surface area contributed by atoms with Crippen LogP contribution in [-0.4, -0.2) is 23.3 Å². The van der Waals surface area contributed by atoms with E-state index in [0.29, 0.717) is 24.5 Å². The van der Waals surface area contributed by atoms with Crippen LogP contribution in [0.3, 0.4) is 0 Å². The van der Waals surface area contributed by atoms with Gasteiger partial charge in [-0.25, -0.2) is 0 Å². The fourth-order valence-corrected chi connectivity index (χ4v) is 2.88. The first-order chi connectivity index (χ1) is 13.6. The van der Waals surface area contributed by atoms with Gasteiger partial charge in [-0.3, -0.25) is 14.5 Å². The minimum absolute atomic E-state index is 0.116. The molecule has 0 bridgehead atoms. The van der Waals surface area contributed by atoms with Gasteiger partial charge in [0.05, 0.1) is 19.4 Å². The van der Waals surface area contributed by atoms with Gasteiger partial charge in [-0.1, -0.05) is 30.3 Å². The highest BCUT2D eigenvalue weighted by atomic mass is 16.3. The largest absolute Gasteiger partial charge is 0.468 e. The summed E-state index contributed by atoms with van der Waals surface area (Å²) in [4.78, 5) is 25.7. The van der Waals surface area contributed by atoms with Crippen molar-refractivity contribution in [2.75, 3.05) is 17.2 Å². The fraction of sp³-hybridized carbons (Fsp3) is 0.182. The molecule has 1 aromatic heterocycles. The highest BCUT2D eigenvalue weighted by Gasteiger charge is 2.14. The molecule has 2 amide bonds. The van der Waals surface area contributed by atoms with Crippen LogP contribution in [0.15, 0.2) is 77.4 Å². The molecule has 0 atom stereocenters. The topological polar surface area (TPSA) is 74.6 Å². The van der Waals surface area contributed by atoms with Crippen molar-refractivity contribution < 1.29 is 14.0 Å². The van der Waals surface area contributed by atoms with Crippen LogP contribution in [0.1, 0.15) is 18.2 Å². The fourth-order valence-electron chi connectivity index (χ4n) is 2.88. The van der Waals surface area contributed by atoms with Crippen LogP contribution in [0, 0.1) is 0 Å². The Kier molecular flexibility index (Phi) is 6.59. The van der Waals surface area contributed by atoms with E-state index in [9.17, 15) is 9.59 Å². The molecule has 6 nitrogen and oxygen atoms in total. The van der Waals surface area contributed by atoms with Gasteiger partial charge in [-0.15, -0.1) is 0 Å². The number of benzene rings is 2. The highest BCUT2D eigenvalue weighted by molar-refractivity contribution is 5.93. The van der Waals surface area contributed by atoms with Gasteiger partial charge in [-0.05, 0) is 42.0 Å². The van der Waals surface area contributed by atoms with Crippen LogP contribution in [0.4, 0.5) is 11.4 Å². The van der Waals surface area contributed by atoms with E-state index in [-0.39, 0.29) is 18.4 Å². The van der Waals surface area contributed by atoms with Crippen molar-refractivity contribution in [3.05, 3.63) is 84.3 Å². The van der Waals surface area contributed by atoms with Crippen molar-refractivity contribution in [3.63, 3.8) is 0 Å². The van der Waals surface area contributed by atoms with Gasteiger partial charge in [0.2, 0.25) is 11.8 Å². The molecule has 0 unspecified atom stereocenters. The Balaban J connectivity index is 1.62. The molecular weight excluding hydrogens is 354 g/mol. The Morgan fingerprint density at radius 1 is 0.857 bits per heavy atom. The molecule has 3 aromatic rings. The second kappa shape index (κ2) is 9.53. The third-order valence-corrected chi connectivity index (χ3v) is 4.06. The zero-order chi connectivity index (χ0) is 19.8. The number of furan rings is 1. The molecule has 0 spiro atoms. The molecule has 2 N–H and O–H groups in total. The summed E-state index contributed by atoms with van der Waals surface area (Å²) in [5.74, 6) is 0.560. The van der Waals surface area contributed by atoms with Crippen molar-refractivity contribution in [2.45, 2.75) is 20.0 Å². The molecule has 0 aliphatic rings. The number of anilines is 2. The van der Waals surface area contributed by atoms with E-state index < -0.39 is 0 Å². The van der Waals surface area contributed by atoms with Gasteiger partial charge in [0.25, 0.3) is 0 Å². The third kappa shape index (κ3) is 6.10. The summed E-state index contributed by atoms with van der Waals surface area (Å²) in [6, 6.07) is 20.8. The SMILES string of the molecule is CC(=O)Nc1ccc(NC(=O)CN(Cc2ccccc2)Cc2ccco2)cc1. The molecule has 0 fully saturated rings. The second-order valence-electron chi connectivity index (χ2n) is 6.52. The van der Waals surface area contributed by atoms with Gasteiger partial charge >= 0.3 is 0 Å². The molecule has 0 aliphatic carbocycles. The number of hydrogen-bond acceptors (Lipinski definition) is 4. The summed E-state index contributed by atoms with van der Waals surface area (Å²) in [6.07, 6.45) is 1.63. The van der Waals surface area contributed by atoms with E-state index in [1.165, 1.54) is 6.92 Å². The number of amides is 2. The van der Waals surface area contributed by atoms with Gasteiger partial charge < -0.3 is 15.1 Å². The second-order valence-corrected chi connectivity index (χ2v) is 6.52. The predicted molar refractivity (Wildman–Crippen MR) is 109 cm³/mol. The molecule has 0 radical (unpaired) electrons. The van der Waals surface area contributed by atoms with Gasteiger partial charge in [0.15, 0.2) is 0 Å². The van der Waals surface area contributed by atoms with E-state index in [2.05, 4.69) is 10.6 Å². The van der Waals surface area contributed by atoms with Crippen molar-refractivity contribution in [1.82, 2.24) is 4.90 Å². The molecule has 28 heavy (non-hydrogen) atoms. The zero-order valence-corrected chi connectivity index (χ0v) is 15.7. The number of nitrogens with zero attached hydrogens (tertiary/aromatic N) is 1. The van der Waals surface area contributed by atoms with Crippen LogP contribution in [0.2, 0.25) is 0 Å². The van der Waals surface area contributed by atoms with Crippen LogP contribution >= 0.6 is 0 Å².